The molecule has 0 atom stereocenters. The molecule has 4 rings (SSSR count). The van der Waals surface area contributed by atoms with E-state index in [9.17, 15) is 18.3 Å². The van der Waals surface area contributed by atoms with E-state index in [4.69, 9.17) is 14.7 Å². The number of carbonyl (C=O) groups is 1. The van der Waals surface area contributed by atoms with Crippen LogP contribution in [-0.4, -0.2) is 55.2 Å². The molecule has 1 amide bonds. The van der Waals surface area contributed by atoms with Crippen molar-refractivity contribution in [1.82, 2.24) is 14.7 Å². The van der Waals surface area contributed by atoms with Gasteiger partial charge in [0.25, 0.3) is 15.9 Å². The number of nitrogens with zero attached hydrogens (tertiary/aromatic N) is 3. The fraction of sp³-hybridized carbons (Fsp3) is 0.281. The SMILES string of the molecule is Cc1cccc(S(=O)(=O)NC(=O)COCCCCN(c2cnc(-c3ccccc3)c(-c3ccccc3)n2)C(C)C)c1O. The average Bonchev–Trinajstić information content (AvgIpc) is 2.98. The number of phenolic OH excluding ortho intramolecular Hbond substituents is 1. The second kappa shape index (κ2) is 14.1. The first-order valence-corrected chi connectivity index (χ1v) is 15.3. The highest BCUT2D eigenvalue weighted by atomic mass is 32.2. The summed E-state index contributed by atoms with van der Waals surface area (Å²) in [6.07, 6.45) is 3.23. The fourth-order valence-corrected chi connectivity index (χ4v) is 5.64. The van der Waals surface area contributed by atoms with E-state index in [2.05, 4.69) is 18.7 Å². The van der Waals surface area contributed by atoms with Crippen molar-refractivity contribution in [2.75, 3.05) is 24.7 Å². The zero-order chi connectivity index (χ0) is 30.1. The molecule has 0 aliphatic heterocycles. The molecule has 0 aliphatic rings. The molecule has 0 fully saturated rings. The van der Waals surface area contributed by atoms with Gasteiger partial charge in [0, 0.05) is 30.3 Å². The Morgan fingerprint density at radius 2 is 1.57 bits per heavy atom. The molecule has 3 aromatic carbocycles. The second-order valence-electron chi connectivity index (χ2n) is 10.2. The number of phenols is 1. The van der Waals surface area contributed by atoms with Crippen LogP contribution in [0.4, 0.5) is 5.82 Å². The van der Waals surface area contributed by atoms with Crippen molar-refractivity contribution >= 4 is 21.7 Å². The molecule has 0 radical (unpaired) electrons. The number of aromatic hydroxyl groups is 1. The minimum Gasteiger partial charge on any atom is -0.506 e. The molecule has 1 aromatic heterocycles. The van der Waals surface area contributed by atoms with Gasteiger partial charge in [-0.05, 0) is 45.2 Å². The Hall–Kier alpha value is -4.28. The molecular weight excluding hydrogens is 552 g/mol. The summed E-state index contributed by atoms with van der Waals surface area (Å²) in [7, 11) is -4.21. The van der Waals surface area contributed by atoms with Crippen molar-refractivity contribution in [2.24, 2.45) is 0 Å². The van der Waals surface area contributed by atoms with Crippen LogP contribution in [0.25, 0.3) is 22.5 Å². The zero-order valence-corrected chi connectivity index (χ0v) is 24.8. The number of ether oxygens (including phenoxy) is 1. The van der Waals surface area contributed by atoms with E-state index in [0.29, 0.717) is 18.5 Å². The van der Waals surface area contributed by atoms with Crippen molar-refractivity contribution in [3.63, 3.8) is 0 Å². The highest BCUT2D eigenvalue weighted by Gasteiger charge is 2.22. The van der Waals surface area contributed by atoms with Gasteiger partial charge in [0.1, 0.15) is 23.1 Å². The van der Waals surface area contributed by atoms with E-state index >= 15 is 0 Å². The van der Waals surface area contributed by atoms with Crippen molar-refractivity contribution in [3.05, 3.63) is 90.6 Å². The Balaban J connectivity index is 1.34. The summed E-state index contributed by atoms with van der Waals surface area (Å²) in [6, 6.07) is 24.5. The first-order valence-electron chi connectivity index (χ1n) is 13.8. The van der Waals surface area contributed by atoms with Crippen molar-refractivity contribution in [3.8, 4) is 28.3 Å². The van der Waals surface area contributed by atoms with E-state index in [-0.39, 0.29) is 23.3 Å². The minimum absolute atomic E-state index is 0.167. The van der Waals surface area contributed by atoms with E-state index in [0.717, 1.165) is 34.8 Å². The highest BCUT2D eigenvalue weighted by Crippen LogP contribution is 2.31. The number of nitrogens with one attached hydrogen (secondary N) is 1. The lowest BCUT2D eigenvalue weighted by Crippen LogP contribution is -2.34. The first kappa shape index (κ1) is 30.7. The minimum atomic E-state index is -4.21. The van der Waals surface area contributed by atoms with Crippen molar-refractivity contribution in [2.45, 2.75) is 44.6 Å². The van der Waals surface area contributed by atoms with Crippen LogP contribution in [0.1, 0.15) is 32.3 Å². The summed E-state index contributed by atoms with van der Waals surface area (Å²) in [4.78, 5) is 23.9. The van der Waals surface area contributed by atoms with Gasteiger partial charge in [0.2, 0.25) is 0 Å². The lowest BCUT2D eigenvalue weighted by Gasteiger charge is -2.28. The van der Waals surface area contributed by atoms with Gasteiger partial charge in [0.05, 0.1) is 17.6 Å². The van der Waals surface area contributed by atoms with Crippen LogP contribution in [-0.2, 0) is 19.6 Å². The third-order valence-corrected chi connectivity index (χ3v) is 8.09. The number of hydrogen-bond donors (Lipinski definition) is 2. The maximum atomic E-state index is 12.5. The summed E-state index contributed by atoms with van der Waals surface area (Å²) in [5, 5.41) is 10.1. The number of para-hydroxylation sites is 1. The summed E-state index contributed by atoms with van der Waals surface area (Å²) in [6.45, 7) is 6.34. The lowest BCUT2D eigenvalue weighted by atomic mass is 10.0. The zero-order valence-electron chi connectivity index (χ0n) is 24.0. The maximum absolute atomic E-state index is 12.5. The van der Waals surface area contributed by atoms with E-state index in [1.54, 1.807) is 13.0 Å². The van der Waals surface area contributed by atoms with Gasteiger partial charge in [-0.25, -0.2) is 18.1 Å². The number of amides is 1. The van der Waals surface area contributed by atoms with Crippen LogP contribution in [0.15, 0.2) is 90.0 Å². The Bertz CT molecular complexity index is 1600. The molecule has 220 valence electrons. The van der Waals surface area contributed by atoms with Gasteiger partial charge in [-0.3, -0.25) is 9.78 Å². The van der Waals surface area contributed by atoms with Gasteiger partial charge in [-0.15, -0.1) is 0 Å². The van der Waals surface area contributed by atoms with Gasteiger partial charge in [0.15, 0.2) is 0 Å². The Kier molecular flexibility index (Phi) is 10.3. The fourth-order valence-electron chi connectivity index (χ4n) is 4.49. The first-order chi connectivity index (χ1) is 20.2. The maximum Gasteiger partial charge on any atom is 0.267 e. The average molecular weight is 589 g/mol. The predicted octanol–water partition coefficient (Wildman–Crippen LogP) is 5.34. The molecule has 10 heteroatoms. The summed E-state index contributed by atoms with van der Waals surface area (Å²) in [5.41, 5.74) is 4.01. The van der Waals surface area contributed by atoms with Crippen LogP contribution >= 0.6 is 0 Å². The number of hydrogen-bond acceptors (Lipinski definition) is 8. The van der Waals surface area contributed by atoms with Crippen LogP contribution in [0.3, 0.4) is 0 Å². The Morgan fingerprint density at radius 1 is 0.929 bits per heavy atom. The Labute approximate surface area is 247 Å². The molecule has 1 heterocycles. The largest absolute Gasteiger partial charge is 0.506 e. The van der Waals surface area contributed by atoms with Gasteiger partial charge >= 0.3 is 0 Å². The number of sulfonamides is 1. The molecule has 0 aliphatic carbocycles. The summed E-state index contributed by atoms with van der Waals surface area (Å²) >= 11 is 0. The van der Waals surface area contributed by atoms with Gasteiger partial charge in [-0.2, -0.15) is 0 Å². The third-order valence-electron chi connectivity index (χ3n) is 6.68. The van der Waals surface area contributed by atoms with Crippen LogP contribution in [0.5, 0.6) is 5.75 Å². The highest BCUT2D eigenvalue weighted by molar-refractivity contribution is 7.90. The van der Waals surface area contributed by atoms with Crippen LogP contribution in [0.2, 0.25) is 0 Å². The third kappa shape index (κ3) is 7.71. The molecule has 0 bridgehead atoms. The Morgan fingerprint density at radius 3 is 2.21 bits per heavy atom. The molecule has 42 heavy (non-hydrogen) atoms. The van der Waals surface area contributed by atoms with Crippen molar-refractivity contribution < 1.29 is 23.1 Å². The molecule has 9 nitrogen and oxygen atoms in total. The number of benzene rings is 3. The second-order valence-corrected chi connectivity index (χ2v) is 11.8. The molecule has 0 saturated heterocycles. The van der Waals surface area contributed by atoms with Crippen LogP contribution < -0.4 is 9.62 Å². The quantitative estimate of drug-likeness (QED) is 0.201. The van der Waals surface area contributed by atoms with E-state index in [1.165, 1.54) is 12.1 Å². The number of unbranched alkanes of at least 4 members (excludes halogenated alkanes) is 1. The molecule has 0 saturated carbocycles. The molecule has 4 aromatic rings. The number of aryl methyl sites for hydroxylation is 1. The number of aromatic nitrogens is 2. The molecular formula is C32H36N4O5S. The lowest BCUT2D eigenvalue weighted by molar-refractivity contribution is -0.123. The molecule has 2 N–H and O–H groups in total. The van der Waals surface area contributed by atoms with Gasteiger partial charge in [-0.1, -0.05) is 72.8 Å². The number of anilines is 1. The normalized spacial score (nSPS) is 11.4. The van der Waals surface area contributed by atoms with Crippen molar-refractivity contribution in [1.29, 1.82) is 0 Å². The van der Waals surface area contributed by atoms with Crippen LogP contribution in [0, 0.1) is 6.92 Å². The topological polar surface area (TPSA) is 122 Å². The van der Waals surface area contributed by atoms with E-state index in [1.807, 2.05) is 71.6 Å². The smallest absolute Gasteiger partial charge is 0.267 e. The molecule has 0 unspecified atom stereocenters. The number of carbonyl (C=O) groups excluding carboxylic acids is 1. The monoisotopic (exact) mass is 588 g/mol. The summed E-state index contributed by atoms with van der Waals surface area (Å²) < 4.78 is 32.3. The van der Waals surface area contributed by atoms with Gasteiger partial charge < -0.3 is 14.7 Å². The summed E-state index contributed by atoms with van der Waals surface area (Å²) in [5.74, 6) is -0.418. The standard InChI is InChI=1S/C32H36N4O5S/c1-23(2)36(19-10-11-20-41-22-29(37)35-42(39,40)27-18-12-13-24(3)32(27)38)28-21-33-30(25-14-6-4-7-15-25)31(34-28)26-16-8-5-9-17-26/h4-9,12-18,21,23,38H,10-11,19-20,22H2,1-3H3,(H,35,37). The predicted molar refractivity (Wildman–Crippen MR) is 164 cm³/mol. The van der Waals surface area contributed by atoms with E-state index < -0.39 is 22.5 Å². The molecule has 0 spiro atoms. The number of rotatable bonds is 13.